The smallest absolute Gasteiger partial charge is 0.354 e. The molecule has 204 valence electrons. The number of sulfonamides is 1. The van der Waals surface area contributed by atoms with Gasteiger partial charge in [-0.2, -0.15) is 13.2 Å². The van der Waals surface area contributed by atoms with Crippen LogP contribution in [0.5, 0.6) is 0 Å². The zero-order chi connectivity index (χ0) is 28.0. The van der Waals surface area contributed by atoms with Crippen LogP contribution >= 0.6 is 23.2 Å². The van der Waals surface area contributed by atoms with E-state index in [1.165, 1.54) is 6.92 Å². The van der Waals surface area contributed by atoms with Crippen molar-refractivity contribution in [3.8, 4) is 0 Å². The minimum absolute atomic E-state index is 0.144. The van der Waals surface area contributed by atoms with Gasteiger partial charge in [-0.15, -0.1) is 0 Å². The molecular formula is C24H28Cl2F3N3O4S. The van der Waals surface area contributed by atoms with E-state index in [2.05, 4.69) is 5.32 Å². The van der Waals surface area contributed by atoms with Crippen molar-refractivity contribution < 1.29 is 31.2 Å². The van der Waals surface area contributed by atoms with Gasteiger partial charge in [0.05, 0.1) is 22.5 Å². The van der Waals surface area contributed by atoms with E-state index in [9.17, 15) is 31.2 Å². The first-order valence-corrected chi connectivity index (χ1v) is 13.9. The molecule has 0 radical (unpaired) electrons. The Kier molecular flexibility index (Phi) is 10.7. The minimum Gasteiger partial charge on any atom is -0.354 e. The van der Waals surface area contributed by atoms with E-state index in [4.69, 9.17) is 23.2 Å². The number of rotatable bonds is 11. The average molecular weight is 582 g/mol. The molecule has 1 N–H and O–H groups in total. The molecule has 0 bridgehead atoms. The van der Waals surface area contributed by atoms with E-state index >= 15 is 0 Å². The fourth-order valence-electron chi connectivity index (χ4n) is 3.40. The summed E-state index contributed by atoms with van der Waals surface area (Å²) in [6.45, 7) is 2.76. The lowest BCUT2D eigenvalue weighted by Crippen LogP contribution is -2.51. The first-order valence-electron chi connectivity index (χ1n) is 11.3. The second kappa shape index (κ2) is 12.8. The van der Waals surface area contributed by atoms with Crippen molar-refractivity contribution in [2.75, 3.05) is 23.7 Å². The van der Waals surface area contributed by atoms with Gasteiger partial charge >= 0.3 is 6.18 Å². The molecule has 0 aromatic heterocycles. The van der Waals surface area contributed by atoms with Gasteiger partial charge in [0.1, 0.15) is 12.6 Å². The van der Waals surface area contributed by atoms with E-state index in [0.29, 0.717) is 40.0 Å². The van der Waals surface area contributed by atoms with Crippen LogP contribution in [0.3, 0.4) is 0 Å². The van der Waals surface area contributed by atoms with Gasteiger partial charge in [0.15, 0.2) is 0 Å². The van der Waals surface area contributed by atoms with Crippen molar-refractivity contribution >= 4 is 50.7 Å². The highest BCUT2D eigenvalue weighted by Gasteiger charge is 2.34. The Balaban J connectivity index is 2.48. The van der Waals surface area contributed by atoms with Crippen molar-refractivity contribution in [1.82, 2.24) is 10.2 Å². The standard InChI is InChI=1S/C24H28Cl2F3N3O4S/c1-4-5-12-30-23(34)16(2)31(14-17-8-6-7-9-19(17)25)22(33)15-32(37(3,35)36)21-13-18(24(27,28)29)10-11-20(21)26/h6-11,13,16H,4-5,12,14-15H2,1-3H3,(H,30,34). The van der Waals surface area contributed by atoms with Crippen LogP contribution in [0.1, 0.15) is 37.8 Å². The monoisotopic (exact) mass is 581 g/mol. The van der Waals surface area contributed by atoms with Crippen LogP contribution in [0.15, 0.2) is 42.5 Å². The van der Waals surface area contributed by atoms with Crippen molar-refractivity contribution in [3.63, 3.8) is 0 Å². The van der Waals surface area contributed by atoms with E-state index in [1.807, 2.05) is 6.92 Å². The first kappa shape index (κ1) is 30.7. The maximum absolute atomic E-state index is 13.5. The Morgan fingerprint density at radius 2 is 1.73 bits per heavy atom. The molecule has 0 fully saturated rings. The van der Waals surface area contributed by atoms with E-state index in [0.717, 1.165) is 23.6 Å². The Morgan fingerprint density at radius 3 is 2.30 bits per heavy atom. The van der Waals surface area contributed by atoms with Gasteiger partial charge in [0.25, 0.3) is 0 Å². The molecule has 2 rings (SSSR count). The molecule has 1 atom stereocenters. The first-order chi connectivity index (χ1) is 17.2. The summed E-state index contributed by atoms with van der Waals surface area (Å²) in [7, 11) is -4.27. The summed E-state index contributed by atoms with van der Waals surface area (Å²) in [6.07, 6.45) is -2.48. The lowest BCUT2D eigenvalue weighted by atomic mass is 10.1. The number of hydrogen-bond donors (Lipinski definition) is 1. The average Bonchev–Trinajstić information content (AvgIpc) is 2.80. The summed E-state index contributed by atoms with van der Waals surface area (Å²) in [5.41, 5.74) is -1.15. The second-order valence-electron chi connectivity index (χ2n) is 8.37. The number of nitrogens with zero attached hydrogens (tertiary/aromatic N) is 2. The third-order valence-corrected chi connectivity index (χ3v) is 7.33. The Labute approximate surface area is 224 Å². The number of nitrogens with one attached hydrogen (secondary N) is 1. The topological polar surface area (TPSA) is 86.8 Å². The molecule has 37 heavy (non-hydrogen) atoms. The van der Waals surface area contributed by atoms with Crippen molar-refractivity contribution in [1.29, 1.82) is 0 Å². The van der Waals surface area contributed by atoms with Crippen LogP contribution < -0.4 is 9.62 Å². The highest BCUT2D eigenvalue weighted by atomic mass is 35.5. The maximum atomic E-state index is 13.5. The molecule has 1 unspecified atom stereocenters. The Hall–Kier alpha value is -2.50. The highest BCUT2D eigenvalue weighted by Crippen LogP contribution is 2.36. The molecule has 0 aliphatic rings. The molecule has 0 saturated carbocycles. The number of anilines is 1. The maximum Gasteiger partial charge on any atom is 0.416 e. The van der Waals surface area contributed by atoms with Gasteiger partial charge in [-0.05, 0) is 43.2 Å². The predicted molar refractivity (Wildman–Crippen MR) is 138 cm³/mol. The molecule has 13 heteroatoms. The van der Waals surface area contributed by atoms with E-state index in [-0.39, 0.29) is 11.6 Å². The normalized spacial score (nSPS) is 12.6. The lowest BCUT2D eigenvalue weighted by Gasteiger charge is -2.32. The lowest BCUT2D eigenvalue weighted by molar-refractivity contribution is -0.139. The van der Waals surface area contributed by atoms with Crippen LogP contribution in [0, 0.1) is 0 Å². The van der Waals surface area contributed by atoms with E-state index < -0.39 is 51.9 Å². The SMILES string of the molecule is CCCCNC(=O)C(C)N(Cc1ccccc1Cl)C(=O)CN(c1cc(C(F)(F)F)ccc1Cl)S(C)(=O)=O. The summed E-state index contributed by atoms with van der Waals surface area (Å²) in [5, 5.41) is 2.75. The zero-order valence-electron chi connectivity index (χ0n) is 20.5. The summed E-state index contributed by atoms with van der Waals surface area (Å²) >= 11 is 12.3. The quantitative estimate of drug-likeness (QED) is 0.373. The van der Waals surface area contributed by atoms with Crippen LogP contribution in [0.4, 0.5) is 18.9 Å². The van der Waals surface area contributed by atoms with Gasteiger partial charge < -0.3 is 10.2 Å². The number of carbonyl (C=O) groups is 2. The third kappa shape index (κ3) is 8.51. The second-order valence-corrected chi connectivity index (χ2v) is 11.1. The number of unbranched alkanes of at least 4 members (excludes halogenated alkanes) is 1. The highest BCUT2D eigenvalue weighted by molar-refractivity contribution is 7.92. The number of carbonyl (C=O) groups excluding carboxylic acids is 2. The van der Waals surface area contributed by atoms with Crippen molar-refractivity contribution in [3.05, 3.63) is 63.6 Å². The summed E-state index contributed by atoms with van der Waals surface area (Å²) in [4.78, 5) is 27.4. The predicted octanol–water partition coefficient (Wildman–Crippen LogP) is 5.11. The number of amides is 2. The summed E-state index contributed by atoms with van der Waals surface area (Å²) < 4.78 is 65.6. The van der Waals surface area contributed by atoms with Gasteiger partial charge in [-0.25, -0.2) is 8.42 Å². The van der Waals surface area contributed by atoms with Gasteiger partial charge in [-0.3, -0.25) is 13.9 Å². The van der Waals surface area contributed by atoms with Crippen LogP contribution in [-0.2, 0) is 32.3 Å². The molecule has 0 heterocycles. The Morgan fingerprint density at radius 1 is 1.08 bits per heavy atom. The third-order valence-electron chi connectivity index (χ3n) is 5.52. The molecule has 7 nitrogen and oxygen atoms in total. The van der Waals surface area contributed by atoms with Crippen molar-refractivity contribution in [2.45, 2.75) is 45.5 Å². The zero-order valence-corrected chi connectivity index (χ0v) is 22.8. The number of benzene rings is 2. The van der Waals surface area contributed by atoms with Gasteiger partial charge in [0, 0.05) is 18.1 Å². The Bertz CT molecular complexity index is 1230. The van der Waals surface area contributed by atoms with Crippen LogP contribution in [0.25, 0.3) is 0 Å². The van der Waals surface area contributed by atoms with Gasteiger partial charge in [0.2, 0.25) is 21.8 Å². The molecule has 2 aromatic carbocycles. The summed E-state index contributed by atoms with van der Waals surface area (Å²) in [5.74, 6) is -1.31. The number of halogens is 5. The van der Waals surface area contributed by atoms with Crippen LogP contribution in [-0.4, -0.2) is 50.5 Å². The molecule has 2 aromatic rings. The fraction of sp³-hybridized carbons (Fsp3) is 0.417. The van der Waals surface area contributed by atoms with E-state index in [1.54, 1.807) is 24.3 Å². The largest absolute Gasteiger partial charge is 0.416 e. The van der Waals surface area contributed by atoms with Crippen LogP contribution in [0.2, 0.25) is 10.0 Å². The molecule has 2 amide bonds. The molecular weight excluding hydrogens is 554 g/mol. The molecule has 0 spiro atoms. The fourth-order valence-corrected chi connectivity index (χ4v) is 4.72. The summed E-state index contributed by atoms with van der Waals surface area (Å²) in [6, 6.07) is 7.74. The molecule has 0 aliphatic carbocycles. The van der Waals surface area contributed by atoms with Crippen molar-refractivity contribution in [2.24, 2.45) is 0 Å². The number of hydrogen-bond acceptors (Lipinski definition) is 4. The van der Waals surface area contributed by atoms with Gasteiger partial charge in [-0.1, -0.05) is 54.7 Å². The number of alkyl halides is 3. The molecule has 0 saturated heterocycles. The molecule has 0 aliphatic heterocycles. The minimum atomic E-state index is -4.77.